The van der Waals surface area contributed by atoms with Crippen LogP contribution in [0, 0.1) is 0 Å². The van der Waals surface area contributed by atoms with Gasteiger partial charge in [-0.3, -0.25) is 0 Å². The third-order valence-electron chi connectivity index (χ3n) is 1.58. The molecule has 0 atom stereocenters. The molecule has 68 valence electrons. The van der Waals surface area contributed by atoms with Crippen molar-refractivity contribution < 1.29 is 19.0 Å². The van der Waals surface area contributed by atoms with E-state index in [1.165, 1.54) is 13.2 Å². The maximum absolute atomic E-state index is 10.7. The van der Waals surface area contributed by atoms with Crippen molar-refractivity contribution in [2.24, 2.45) is 0 Å². The number of rotatable bonds is 2. The summed E-state index contributed by atoms with van der Waals surface area (Å²) in [5.41, 5.74) is 0. The minimum absolute atomic E-state index is 0.407. The zero-order valence-corrected chi connectivity index (χ0v) is 7.20. The van der Waals surface area contributed by atoms with Crippen LogP contribution in [0.1, 0.15) is 6.92 Å². The van der Waals surface area contributed by atoms with Crippen molar-refractivity contribution in [2.45, 2.75) is 12.7 Å². The summed E-state index contributed by atoms with van der Waals surface area (Å²) in [5, 5.41) is 0. The van der Waals surface area contributed by atoms with Crippen LogP contribution >= 0.6 is 0 Å². The Balaban J connectivity index is 2.48. The fourth-order valence-corrected chi connectivity index (χ4v) is 0.914. The Labute approximate surface area is 71.1 Å². The van der Waals surface area contributed by atoms with Crippen LogP contribution in [0.5, 0.6) is 0 Å². The molecule has 12 heavy (non-hydrogen) atoms. The molecular formula is C8H12O4. The van der Waals surface area contributed by atoms with Crippen LogP contribution in [0.25, 0.3) is 0 Å². The fraction of sp³-hybridized carbons (Fsp3) is 0.625. The van der Waals surface area contributed by atoms with Crippen LogP contribution in [0.4, 0.5) is 0 Å². The molecule has 0 unspecified atom stereocenters. The Morgan fingerprint density at radius 2 is 2.08 bits per heavy atom. The van der Waals surface area contributed by atoms with Gasteiger partial charge in [0.1, 0.15) is 0 Å². The number of hydrogen-bond acceptors (Lipinski definition) is 4. The summed E-state index contributed by atoms with van der Waals surface area (Å²) in [4.78, 5) is 10.7. The first-order valence-corrected chi connectivity index (χ1v) is 3.71. The monoisotopic (exact) mass is 172 g/mol. The smallest absolute Gasteiger partial charge is 0.330 e. The minimum atomic E-state index is -0.756. The van der Waals surface area contributed by atoms with Crippen LogP contribution in [0.2, 0.25) is 0 Å². The van der Waals surface area contributed by atoms with E-state index in [-0.39, 0.29) is 0 Å². The number of methoxy groups -OCH3 is 1. The van der Waals surface area contributed by atoms with Gasteiger partial charge in [-0.25, -0.2) is 4.79 Å². The van der Waals surface area contributed by atoms with E-state index < -0.39 is 11.8 Å². The quantitative estimate of drug-likeness (QED) is 0.449. The summed E-state index contributed by atoms with van der Waals surface area (Å²) in [5.74, 6) is -1.16. The zero-order chi connectivity index (χ0) is 9.03. The number of carbonyl (C=O) groups is 1. The number of ether oxygens (including phenoxy) is 3. The van der Waals surface area contributed by atoms with Crippen molar-refractivity contribution in [3.05, 3.63) is 12.2 Å². The van der Waals surface area contributed by atoms with Gasteiger partial charge in [0.05, 0.1) is 20.3 Å². The second kappa shape index (κ2) is 3.69. The molecule has 0 aliphatic carbocycles. The van der Waals surface area contributed by atoms with Gasteiger partial charge in [0.25, 0.3) is 0 Å². The van der Waals surface area contributed by atoms with Gasteiger partial charge in [0, 0.05) is 6.08 Å². The first-order chi connectivity index (χ1) is 5.66. The molecule has 4 heteroatoms. The van der Waals surface area contributed by atoms with Crippen LogP contribution in [0.3, 0.4) is 0 Å². The predicted octanol–water partition coefficient (Wildman–Crippen LogP) is 0.479. The number of esters is 1. The van der Waals surface area contributed by atoms with Crippen molar-refractivity contribution in [2.75, 3.05) is 20.3 Å². The van der Waals surface area contributed by atoms with E-state index >= 15 is 0 Å². The molecule has 0 amide bonds. The number of carbonyl (C=O) groups excluding carboxylic acids is 1. The van der Waals surface area contributed by atoms with Gasteiger partial charge in [-0.2, -0.15) is 0 Å². The topological polar surface area (TPSA) is 44.8 Å². The van der Waals surface area contributed by atoms with Gasteiger partial charge in [-0.1, -0.05) is 0 Å². The summed E-state index contributed by atoms with van der Waals surface area (Å²) in [6, 6.07) is 0. The summed E-state index contributed by atoms with van der Waals surface area (Å²) >= 11 is 0. The molecule has 1 saturated heterocycles. The molecule has 0 aromatic rings. The molecule has 0 N–H and O–H groups in total. The lowest BCUT2D eigenvalue weighted by Crippen LogP contribution is -2.22. The van der Waals surface area contributed by atoms with E-state index in [9.17, 15) is 4.79 Å². The standard InChI is InChI=1S/C8H12O4/c1-8(11-5-6-12-8)4-3-7(9)10-2/h3-4H,5-6H2,1-2H3/b4-3+. The van der Waals surface area contributed by atoms with E-state index in [0.717, 1.165) is 0 Å². The lowest BCUT2D eigenvalue weighted by Gasteiger charge is -2.16. The Kier molecular flexibility index (Phi) is 2.83. The molecule has 1 rings (SSSR count). The molecule has 0 aromatic heterocycles. The van der Waals surface area contributed by atoms with Crippen LogP contribution < -0.4 is 0 Å². The fourth-order valence-electron chi connectivity index (χ4n) is 0.914. The van der Waals surface area contributed by atoms with Crippen molar-refractivity contribution in [1.29, 1.82) is 0 Å². The molecule has 0 saturated carbocycles. The first-order valence-electron chi connectivity index (χ1n) is 3.71. The Bertz CT molecular complexity index is 191. The largest absolute Gasteiger partial charge is 0.466 e. The Hall–Kier alpha value is -0.870. The number of hydrogen-bond donors (Lipinski definition) is 0. The molecule has 1 aliphatic rings. The van der Waals surface area contributed by atoms with Gasteiger partial charge in [0.2, 0.25) is 0 Å². The Morgan fingerprint density at radius 1 is 1.50 bits per heavy atom. The molecule has 1 aliphatic heterocycles. The highest BCUT2D eigenvalue weighted by molar-refractivity contribution is 5.81. The molecule has 0 bridgehead atoms. The maximum atomic E-state index is 10.7. The van der Waals surface area contributed by atoms with Crippen LogP contribution in [-0.2, 0) is 19.0 Å². The predicted molar refractivity (Wildman–Crippen MR) is 41.5 cm³/mol. The van der Waals surface area contributed by atoms with Crippen LogP contribution in [-0.4, -0.2) is 32.1 Å². The highest BCUT2D eigenvalue weighted by Crippen LogP contribution is 2.19. The zero-order valence-electron chi connectivity index (χ0n) is 7.20. The second-order valence-corrected chi connectivity index (χ2v) is 2.57. The second-order valence-electron chi connectivity index (χ2n) is 2.57. The molecule has 4 nitrogen and oxygen atoms in total. The van der Waals surface area contributed by atoms with E-state index in [0.29, 0.717) is 13.2 Å². The summed E-state index contributed by atoms with van der Waals surface area (Å²) in [7, 11) is 1.32. The van der Waals surface area contributed by atoms with Crippen molar-refractivity contribution in [1.82, 2.24) is 0 Å². The van der Waals surface area contributed by atoms with Gasteiger partial charge in [-0.15, -0.1) is 0 Å². The molecule has 0 radical (unpaired) electrons. The molecule has 1 heterocycles. The van der Waals surface area contributed by atoms with Gasteiger partial charge < -0.3 is 14.2 Å². The SMILES string of the molecule is COC(=O)/C=C/C1(C)OCCO1. The normalized spacial score (nSPS) is 21.5. The third kappa shape index (κ3) is 2.32. The van der Waals surface area contributed by atoms with Crippen molar-refractivity contribution in [3.63, 3.8) is 0 Å². The Morgan fingerprint density at radius 3 is 2.58 bits per heavy atom. The molecular weight excluding hydrogens is 160 g/mol. The minimum Gasteiger partial charge on any atom is -0.466 e. The lowest BCUT2D eigenvalue weighted by molar-refractivity contribution is -0.135. The maximum Gasteiger partial charge on any atom is 0.330 e. The van der Waals surface area contributed by atoms with Crippen LogP contribution in [0.15, 0.2) is 12.2 Å². The summed E-state index contributed by atoms with van der Waals surface area (Å²) in [6.07, 6.45) is 2.84. The van der Waals surface area contributed by atoms with E-state index in [1.807, 2.05) is 0 Å². The van der Waals surface area contributed by atoms with E-state index in [1.54, 1.807) is 13.0 Å². The lowest BCUT2D eigenvalue weighted by atomic mass is 10.3. The van der Waals surface area contributed by atoms with E-state index in [2.05, 4.69) is 4.74 Å². The third-order valence-corrected chi connectivity index (χ3v) is 1.58. The highest BCUT2D eigenvalue weighted by atomic mass is 16.7. The average molecular weight is 172 g/mol. The molecule has 0 aromatic carbocycles. The van der Waals surface area contributed by atoms with Crippen molar-refractivity contribution >= 4 is 5.97 Å². The van der Waals surface area contributed by atoms with E-state index in [4.69, 9.17) is 9.47 Å². The molecule has 0 spiro atoms. The van der Waals surface area contributed by atoms with Gasteiger partial charge >= 0.3 is 5.97 Å². The summed E-state index contributed by atoms with van der Waals surface area (Å²) in [6.45, 7) is 2.86. The summed E-state index contributed by atoms with van der Waals surface area (Å²) < 4.78 is 14.9. The highest BCUT2D eigenvalue weighted by Gasteiger charge is 2.27. The van der Waals surface area contributed by atoms with Gasteiger partial charge in [0.15, 0.2) is 5.79 Å². The molecule has 1 fully saturated rings. The first kappa shape index (κ1) is 9.22. The average Bonchev–Trinajstić information content (AvgIpc) is 2.49. The van der Waals surface area contributed by atoms with Gasteiger partial charge in [-0.05, 0) is 13.0 Å². The van der Waals surface area contributed by atoms with Crippen molar-refractivity contribution in [3.8, 4) is 0 Å².